The van der Waals surface area contributed by atoms with E-state index in [4.69, 9.17) is 5.11 Å². The molecule has 0 radical (unpaired) electrons. The molecule has 0 aromatic rings. The minimum absolute atomic E-state index is 0.235. The molecule has 3 nitrogen and oxygen atoms in total. The first kappa shape index (κ1) is 10.5. The second-order valence-corrected chi connectivity index (χ2v) is 3.65. The van der Waals surface area contributed by atoms with Crippen molar-refractivity contribution in [2.75, 3.05) is 0 Å². The Hall–Kier alpha value is 0.480. The summed E-state index contributed by atoms with van der Waals surface area (Å²) in [6.07, 6.45) is 0.338. The first-order valence-corrected chi connectivity index (χ1v) is 4.04. The summed E-state index contributed by atoms with van der Waals surface area (Å²) in [5, 5.41) is 8.44. The van der Waals surface area contributed by atoms with Crippen molar-refractivity contribution in [1.29, 1.82) is 0 Å². The number of carbonyl (C=O) groups is 1. The van der Waals surface area contributed by atoms with E-state index in [0.29, 0.717) is 6.42 Å². The van der Waals surface area contributed by atoms with Gasteiger partial charge in [0.1, 0.15) is 6.04 Å². The summed E-state index contributed by atoms with van der Waals surface area (Å²) < 4.78 is 2.09. The summed E-state index contributed by atoms with van der Waals surface area (Å²) in [5.41, 5.74) is 0. The molecule has 0 spiro atoms. The van der Waals surface area contributed by atoms with Gasteiger partial charge >= 0.3 is 5.97 Å². The molecular weight excluding hydrogens is 190 g/mol. The van der Waals surface area contributed by atoms with E-state index in [2.05, 4.69) is 42.8 Å². The van der Waals surface area contributed by atoms with Crippen LogP contribution in [0.1, 0.15) is 6.42 Å². The largest absolute Gasteiger partial charge is 0.480 e. The van der Waals surface area contributed by atoms with Crippen LogP contribution in [0.15, 0.2) is 0 Å². The van der Waals surface area contributed by atoms with Crippen LogP contribution in [0.25, 0.3) is 0 Å². The maximum atomic E-state index is 10.3. The van der Waals surface area contributed by atoms with Gasteiger partial charge in [-0.25, -0.2) is 0 Å². The molecule has 0 aliphatic carbocycles. The third kappa shape index (κ3) is 4.32. The average molecular weight is 199 g/mol. The molecule has 60 valence electrons. The number of carboxylic acid groups (broad SMARTS) is 1. The van der Waals surface area contributed by atoms with E-state index in [1.54, 1.807) is 0 Å². The second-order valence-electron chi connectivity index (χ2n) is 1.74. The van der Waals surface area contributed by atoms with Crippen molar-refractivity contribution < 1.29 is 9.90 Å². The smallest absolute Gasteiger partial charge is 0.321 e. The van der Waals surface area contributed by atoms with Gasteiger partial charge in [0.05, 0.1) is 0 Å². The molecule has 0 saturated heterocycles. The minimum Gasteiger partial charge on any atom is -0.480 e. The number of rotatable bonds is 4. The average Bonchev–Trinajstić information content (AvgIpc) is 1.81. The van der Waals surface area contributed by atoms with Crippen LogP contribution in [0.4, 0.5) is 0 Å². The van der Waals surface area contributed by atoms with E-state index in [1.165, 1.54) is 0 Å². The number of hydrogen-bond acceptors (Lipinski definition) is 5. The molecule has 0 aromatic carbocycles. The zero-order valence-electron chi connectivity index (χ0n) is 5.06. The normalized spacial score (nSPS) is 13.6. The molecule has 0 amide bonds. The number of thiol groups is 3. The lowest BCUT2D eigenvalue weighted by molar-refractivity contribution is -0.138. The van der Waals surface area contributed by atoms with Gasteiger partial charge in [-0.15, -0.1) is 0 Å². The molecule has 2 N–H and O–H groups in total. The predicted octanol–water partition coefficient (Wildman–Crippen LogP) is 0.450. The Labute approximate surface area is 75.9 Å². The van der Waals surface area contributed by atoms with E-state index < -0.39 is 12.0 Å². The fraction of sp³-hybridized carbons (Fsp3) is 0.750. The van der Waals surface area contributed by atoms with Gasteiger partial charge in [-0.3, -0.25) is 9.52 Å². The number of nitrogens with one attached hydrogen (secondary N) is 1. The third-order valence-electron chi connectivity index (χ3n) is 0.900. The molecule has 10 heavy (non-hydrogen) atoms. The highest BCUT2D eigenvalue weighted by Crippen LogP contribution is 2.09. The zero-order chi connectivity index (χ0) is 8.15. The highest BCUT2D eigenvalue weighted by Gasteiger charge is 2.16. The van der Waals surface area contributed by atoms with Gasteiger partial charge in [-0.05, 0) is 6.42 Å². The molecule has 0 aliphatic rings. The zero-order valence-corrected chi connectivity index (χ0v) is 7.74. The Morgan fingerprint density at radius 3 is 2.20 bits per heavy atom. The molecule has 0 aromatic heterocycles. The number of hydrogen-bond donors (Lipinski definition) is 5. The number of carboxylic acids is 1. The first-order valence-electron chi connectivity index (χ1n) is 2.56. The quantitative estimate of drug-likeness (QED) is 0.337. The van der Waals surface area contributed by atoms with Crippen LogP contribution >= 0.6 is 38.1 Å². The summed E-state index contributed by atoms with van der Waals surface area (Å²) in [6, 6.07) is -0.677. The fourth-order valence-electron chi connectivity index (χ4n) is 0.420. The standard InChI is InChI=1S/C4H9NO2S3/c6-4(7)2(5-10)1-3(8)9/h2-3,5,8-10H,1H2,(H,6,7). The van der Waals surface area contributed by atoms with Crippen molar-refractivity contribution in [1.82, 2.24) is 4.72 Å². The SMILES string of the molecule is O=C(O)C(CC(S)S)NS. The van der Waals surface area contributed by atoms with Crippen LogP contribution in [0, 0.1) is 0 Å². The first-order chi connectivity index (χ1) is 4.57. The minimum atomic E-state index is -0.942. The van der Waals surface area contributed by atoms with E-state index >= 15 is 0 Å². The Balaban J connectivity index is 3.72. The summed E-state index contributed by atoms with van der Waals surface area (Å²) in [7, 11) is 0. The predicted molar refractivity (Wildman–Crippen MR) is 49.9 cm³/mol. The summed E-state index contributed by atoms with van der Waals surface area (Å²) in [4.78, 5) is 10.3. The van der Waals surface area contributed by atoms with E-state index in [1.807, 2.05) is 0 Å². The molecule has 1 atom stereocenters. The second kappa shape index (κ2) is 5.17. The topological polar surface area (TPSA) is 49.3 Å². The van der Waals surface area contributed by atoms with Gasteiger partial charge in [0.15, 0.2) is 0 Å². The lowest BCUT2D eigenvalue weighted by Gasteiger charge is -2.10. The highest BCUT2D eigenvalue weighted by molar-refractivity contribution is 7.99. The van der Waals surface area contributed by atoms with Crippen LogP contribution in [0.5, 0.6) is 0 Å². The van der Waals surface area contributed by atoms with Gasteiger partial charge in [-0.1, -0.05) is 12.8 Å². The summed E-state index contributed by atoms with van der Waals surface area (Å²) >= 11 is 11.5. The maximum Gasteiger partial charge on any atom is 0.321 e. The maximum absolute atomic E-state index is 10.3. The lowest BCUT2D eigenvalue weighted by Crippen LogP contribution is -2.32. The molecule has 0 fully saturated rings. The van der Waals surface area contributed by atoms with Crippen molar-refractivity contribution in [3.63, 3.8) is 0 Å². The van der Waals surface area contributed by atoms with Crippen molar-refractivity contribution in [2.24, 2.45) is 0 Å². The molecule has 0 heterocycles. The van der Waals surface area contributed by atoms with Crippen molar-refractivity contribution >= 4 is 44.0 Å². The van der Waals surface area contributed by atoms with E-state index in [0.717, 1.165) is 0 Å². The molecule has 0 bridgehead atoms. The van der Waals surface area contributed by atoms with Crippen molar-refractivity contribution in [3.05, 3.63) is 0 Å². The van der Waals surface area contributed by atoms with E-state index in [-0.39, 0.29) is 4.58 Å². The fourth-order valence-corrected chi connectivity index (χ4v) is 1.06. The highest BCUT2D eigenvalue weighted by atomic mass is 32.2. The summed E-state index contributed by atoms with van der Waals surface area (Å²) in [6.45, 7) is 0. The van der Waals surface area contributed by atoms with Crippen molar-refractivity contribution in [2.45, 2.75) is 17.0 Å². The van der Waals surface area contributed by atoms with Crippen LogP contribution in [0.2, 0.25) is 0 Å². The van der Waals surface area contributed by atoms with Gasteiger partial charge < -0.3 is 5.11 Å². The molecular formula is C4H9NO2S3. The van der Waals surface area contributed by atoms with Crippen molar-refractivity contribution in [3.8, 4) is 0 Å². The third-order valence-corrected chi connectivity index (χ3v) is 1.63. The van der Waals surface area contributed by atoms with E-state index in [9.17, 15) is 4.79 Å². The Kier molecular flexibility index (Phi) is 5.42. The molecule has 0 rings (SSSR count). The Morgan fingerprint density at radius 1 is 1.60 bits per heavy atom. The molecule has 1 unspecified atom stereocenters. The Bertz CT molecular complexity index is 119. The van der Waals surface area contributed by atoms with Gasteiger partial charge in [-0.2, -0.15) is 25.3 Å². The summed E-state index contributed by atoms with van der Waals surface area (Å²) in [5.74, 6) is -0.942. The van der Waals surface area contributed by atoms with Crippen LogP contribution < -0.4 is 4.72 Å². The number of aliphatic carboxylic acids is 1. The van der Waals surface area contributed by atoms with Crippen LogP contribution in [0.3, 0.4) is 0 Å². The molecule has 0 aliphatic heterocycles. The Morgan fingerprint density at radius 2 is 2.10 bits per heavy atom. The molecule has 0 saturated carbocycles. The van der Waals surface area contributed by atoms with Crippen LogP contribution in [-0.4, -0.2) is 21.7 Å². The van der Waals surface area contributed by atoms with Crippen LogP contribution in [-0.2, 0) is 4.79 Å². The monoisotopic (exact) mass is 199 g/mol. The van der Waals surface area contributed by atoms with Gasteiger partial charge in [0.2, 0.25) is 0 Å². The lowest BCUT2D eigenvalue weighted by atomic mass is 10.2. The molecule has 6 heteroatoms. The van der Waals surface area contributed by atoms with Gasteiger partial charge in [0.25, 0.3) is 0 Å². The van der Waals surface area contributed by atoms with Gasteiger partial charge in [0, 0.05) is 4.58 Å².